The van der Waals surface area contributed by atoms with E-state index in [-0.39, 0.29) is 16.8 Å². The number of halogens is 1. The van der Waals surface area contributed by atoms with Gasteiger partial charge in [0.05, 0.1) is 4.90 Å². The Balaban J connectivity index is 1.62. The van der Waals surface area contributed by atoms with Gasteiger partial charge in [0, 0.05) is 16.2 Å². The maximum absolute atomic E-state index is 12.6. The van der Waals surface area contributed by atoms with E-state index >= 15 is 0 Å². The van der Waals surface area contributed by atoms with E-state index in [1.165, 1.54) is 12.1 Å². The molecule has 0 bridgehead atoms. The second kappa shape index (κ2) is 10.1. The predicted octanol–water partition coefficient (Wildman–Crippen LogP) is 5.08. The fourth-order valence-electron chi connectivity index (χ4n) is 3.78. The van der Waals surface area contributed by atoms with Crippen molar-refractivity contribution >= 4 is 37.5 Å². The third-order valence-electron chi connectivity index (χ3n) is 5.45. The first-order chi connectivity index (χ1) is 14.7. The number of hydrogen-bond donors (Lipinski definition) is 2. The van der Waals surface area contributed by atoms with Gasteiger partial charge >= 0.3 is 0 Å². The summed E-state index contributed by atoms with van der Waals surface area (Å²) in [5.74, 6) is 0.374. The Morgan fingerprint density at radius 3 is 2.23 bits per heavy atom. The maximum atomic E-state index is 12.6. The molecule has 6 nitrogen and oxygen atoms in total. The van der Waals surface area contributed by atoms with Crippen LogP contribution >= 0.6 is 15.9 Å². The third-order valence-corrected chi connectivity index (χ3v) is 7.44. The summed E-state index contributed by atoms with van der Waals surface area (Å²) in [7, 11) is -3.57. The second-order valence-electron chi connectivity index (χ2n) is 8.10. The Hall–Kier alpha value is -1.90. The van der Waals surface area contributed by atoms with Crippen molar-refractivity contribution in [3.8, 4) is 5.75 Å². The molecule has 168 valence electrons. The minimum Gasteiger partial charge on any atom is -0.480 e. The topological polar surface area (TPSA) is 84.5 Å². The lowest BCUT2D eigenvalue weighted by molar-refractivity contribution is -0.122. The number of nitrogens with one attached hydrogen (secondary N) is 2. The Morgan fingerprint density at radius 1 is 1.06 bits per heavy atom. The van der Waals surface area contributed by atoms with Gasteiger partial charge in [-0.15, -0.1) is 0 Å². The van der Waals surface area contributed by atoms with Crippen molar-refractivity contribution in [2.75, 3.05) is 5.32 Å². The largest absolute Gasteiger partial charge is 0.480 e. The zero-order valence-electron chi connectivity index (χ0n) is 18.1. The molecule has 3 rings (SSSR count). The molecule has 8 heteroatoms. The summed E-state index contributed by atoms with van der Waals surface area (Å²) >= 11 is 3.45. The summed E-state index contributed by atoms with van der Waals surface area (Å²) in [6.45, 7) is 5.54. The molecule has 1 aliphatic carbocycles. The lowest BCUT2D eigenvalue weighted by Crippen LogP contribution is -2.36. The van der Waals surface area contributed by atoms with Crippen molar-refractivity contribution in [2.24, 2.45) is 0 Å². The molecule has 0 spiro atoms. The van der Waals surface area contributed by atoms with Gasteiger partial charge in [-0.05, 0) is 81.1 Å². The summed E-state index contributed by atoms with van der Waals surface area (Å²) in [6, 6.07) is 10.1. The molecular formula is C23H29BrN2O4S. The van der Waals surface area contributed by atoms with Crippen molar-refractivity contribution in [3.05, 3.63) is 52.0 Å². The smallest absolute Gasteiger partial charge is 0.265 e. The average Bonchev–Trinajstić information content (AvgIpc) is 2.71. The normalized spacial score (nSPS) is 16.0. The van der Waals surface area contributed by atoms with E-state index in [4.69, 9.17) is 4.74 Å². The number of rotatable bonds is 7. The number of amides is 1. The standard InChI is InChI=1S/C23H29BrN2O4S/c1-15-13-18(24)14-16(2)22(15)30-17(3)23(27)25-19-9-11-21(12-10-19)31(28,29)26-20-7-5-4-6-8-20/h9-14,17,20,26H,4-8H2,1-3H3,(H,25,27). The molecule has 0 aliphatic heterocycles. The van der Waals surface area contributed by atoms with E-state index in [9.17, 15) is 13.2 Å². The van der Waals surface area contributed by atoms with Crippen LogP contribution in [0.25, 0.3) is 0 Å². The molecule has 0 radical (unpaired) electrons. The molecule has 2 aromatic carbocycles. The van der Waals surface area contributed by atoms with Gasteiger partial charge in [0.25, 0.3) is 5.91 Å². The average molecular weight is 509 g/mol. The molecular weight excluding hydrogens is 480 g/mol. The van der Waals surface area contributed by atoms with Crippen LogP contribution in [0, 0.1) is 13.8 Å². The number of hydrogen-bond acceptors (Lipinski definition) is 4. The van der Waals surface area contributed by atoms with Crippen molar-refractivity contribution in [1.29, 1.82) is 0 Å². The van der Waals surface area contributed by atoms with Crippen LogP contribution in [0.2, 0.25) is 0 Å². The number of ether oxygens (including phenoxy) is 1. The van der Waals surface area contributed by atoms with Crippen LogP contribution < -0.4 is 14.8 Å². The molecule has 1 fully saturated rings. The van der Waals surface area contributed by atoms with Crippen LogP contribution in [-0.4, -0.2) is 26.5 Å². The van der Waals surface area contributed by atoms with Crippen LogP contribution in [-0.2, 0) is 14.8 Å². The van der Waals surface area contributed by atoms with Gasteiger partial charge in [-0.1, -0.05) is 35.2 Å². The SMILES string of the molecule is Cc1cc(Br)cc(C)c1OC(C)C(=O)Nc1ccc(S(=O)(=O)NC2CCCCC2)cc1. The van der Waals surface area contributed by atoms with E-state index in [2.05, 4.69) is 26.0 Å². The Morgan fingerprint density at radius 2 is 1.65 bits per heavy atom. The zero-order valence-corrected chi connectivity index (χ0v) is 20.5. The number of carbonyl (C=O) groups is 1. The summed E-state index contributed by atoms with van der Waals surface area (Å²) in [4.78, 5) is 12.8. The number of anilines is 1. The number of sulfonamides is 1. The fraction of sp³-hybridized carbons (Fsp3) is 0.435. The van der Waals surface area contributed by atoms with Gasteiger partial charge in [-0.25, -0.2) is 13.1 Å². The molecule has 0 saturated heterocycles. The highest BCUT2D eigenvalue weighted by Crippen LogP contribution is 2.28. The minimum absolute atomic E-state index is 0.00153. The molecule has 0 heterocycles. The van der Waals surface area contributed by atoms with Crippen molar-refractivity contribution in [1.82, 2.24) is 4.72 Å². The molecule has 1 saturated carbocycles. The van der Waals surface area contributed by atoms with Crippen LogP contribution in [0.1, 0.15) is 50.2 Å². The molecule has 1 aliphatic rings. The van der Waals surface area contributed by atoms with Crippen molar-refractivity contribution in [2.45, 2.75) is 69.9 Å². The minimum atomic E-state index is -3.57. The highest BCUT2D eigenvalue weighted by Gasteiger charge is 2.22. The van der Waals surface area contributed by atoms with E-state index in [1.807, 2.05) is 26.0 Å². The van der Waals surface area contributed by atoms with E-state index < -0.39 is 16.1 Å². The van der Waals surface area contributed by atoms with E-state index in [1.54, 1.807) is 19.1 Å². The Bertz CT molecular complexity index is 1010. The van der Waals surface area contributed by atoms with Gasteiger partial charge < -0.3 is 10.1 Å². The van der Waals surface area contributed by atoms with Crippen LogP contribution in [0.3, 0.4) is 0 Å². The van der Waals surface area contributed by atoms with Gasteiger partial charge in [0.1, 0.15) is 5.75 Å². The van der Waals surface area contributed by atoms with Crippen molar-refractivity contribution in [3.63, 3.8) is 0 Å². The summed E-state index contributed by atoms with van der Waals surface area (Å²) in [5, 5.41) is 2.78. The van der Waals surface area contributed by atoms with E-state index in [0.29, 0.717) is 11.4 Å². The van der Waals surface area contributed by atoms with Gasteiger partial charge in [-0.2, -0.15) is 0 Å². The van der Waals surface area contributed by atoms with Crippen LogP contribution in [0.5, 0.6) is 5.75 Å². The molecule has 1 unspecified atom stereocenters. The highest BCUT2D eigenvalue weighted by atomic mass is 79.9. The zero-order chi connectivity index (χ0) is 22.6. The predicted molar refractivity (Wildman–Crippen MR) is 126 cm³/mol. The van der Waals surface area contributed by atoms with Gasteiger partial charge in [-0.3, -0.25) is 4.79 Å². The maximum Gasteiger partial charge on any atom is 0.265 e. The van der Waals surface area contributed by atoms with Crippen LogP contribution in [0.4, 0.5) is 5.69 Å². The van der Waals surface area contributed by atoms with Crippen molar-refractivity contribution < 1.29 is 17.9 Å². The molecule has 31 heavy (non-hydrogen) atoms. The third kappa shape index (κ3) is 6.30. The number of carbonyl (C=O) groups excluding carboxylic acids is 1. The molecule has 2 aromatic rings. The molecule has 2 N–H and O–H groups in total. The highest BCUT2D eigenvalue weighted by molar-refractivity contribution is 9.10. The summed E-state index contributed by atoms with van der Waals surface area (Å²) in [5.41, 5.74) is 2.39. The lowest BCUT2D eigenvalue weighted by Gasteiger charge is -2.22. The molecule has 1 atom stereocenters. The monoisotopic (exact) mass is 508 g/mol. The number of aryl methyl sites for hydroxylation is 2. The molecule has 1 amide bonds. The lowest BCUT2D eigenvalue weighted by atomic mass is 9.96. The van der Waals surface area contributed by atoms with E-state index in [0.717, 1.165) is 47.7 Å². The Kier molecular flexibility index (Phi) is 7.78. The van der Waals surface area contributed by atoms with Gasteiger partial charge in [0.15, 0.2) is 6.10 Å². The quantitative estimate of drug-likeness (QED) is 0.545. The molecule has 0 aromatic heterocycles. The Labute approximate surface area is 193 Å². The first kappa shape index (κ1) is 23.8. The summed E-state index contributed by atoms with van der Waals surface area (Å²) in [6.07, 6.45) is 4.31. The summed E-state index contributed by atoms with van der Waals surface area (Å²) < 4.78 is 34.9. The fourth-order valence-corrected chi connectivity index (χ4v) is 5.77. The first-order valence-electron chi connectivity index (χ1n) is 10.5. The van der Waals surface area contributed by atoms with Gasteiger partial charge in [0.2, 0.25) is 10.0 Å². The second-order valence-corrected chi connectivity index (χ2v) is 10.7. The van der Waals surface area contributed by atoms with Crippen LogP contribution in [0.15, 0.2) is 45.8 Å². The first-order valence-corrected chi connectivity index (χ1v) is 12.8. The number of benzene rings is 2.